The highest BCUT2D eigenvalue weighted by molar-refractivity contribution is 7.92. The molecule has 4 aromatic rings. The lowest BCUT2D eigenvalue weighted by Gasteiger charge is -2.14. The van der Waals surface area contributed by atoms with Crippen LogP contribution in [0, 0.1) is 0 Å². The lowest BCUT2D eigenvalue weighted by molar-refractivity contribution is 0.102. The molecule has 1 heterocycles. The van der Waals surface area contributed by atoms with Gasteiger partial charge in [0.1, 0.15) is 16.4 Å². The highest BCUT2D eigenvalue weighted by Crippen LogP contribution is 2.29. The Morgan fingerprint density at radius 2 is 1.59 bits per heavy atom. The maximum absolute atomic E-state index is 13.1. The number of aromatic amines is 1. The van der Waals surface area contributed by atoms with Crippen molar-refractivity contribution in [3.63, 3.8) is 0 Å². The SMILES string of the molecule is COc1ccc(NS(=O)(=O)c2cc(NC(=O)c3n[nH]c(=O)c4ccccc34)ccc2OC)cc1. The third-order valence-electron chi connectivity index (χ3n) is 4.96. The number of carbonyl (C=O) groups excluding carboxylic acids is 1. The topological polar surface area (TPSA) is 139 Å². The van der Waals surface area contributed by atoms with Crippen LogP contribution >= 0.6 is 0 Å². The van der Waals surface area contributed by atoms with E-state index in [0.29, 0.717) is 22.2 Å². The number of nitrogens with zero attached hydrogens (tertiary/aromatic N) is 1. The molecule has 3 N–H and O–H groups in total. The number of methoxy groups -OCH3 is 2. The molecule has 0 radical (unpaired) electrons. The van der Waals surface area contributed by atoms with Gasteiger partial charge in [-0.15, -0.1) is 0 Å². The fourth-order valence-electron chi connectivity index (χ4n) is 3.31. The van der Waals surface area contributed by atoms with Crippen LogP contribution in [0.2, 0.25) is 0 Å². The van der Waals surface area contributed by atoms with E-state index in [1.165, 1.54) is 32.4 Å². The number of anilines is 2. The van der Waals surface area contributed by atoms with Crippen LogP contribution in [-0.2, 0) is 10.0 Å². The number of amides is 1. The number of aromatic nitrogens is 2. The second kappa shape index (κ2) is 9.24. The summed E-state index contributed by atoms with van der Waals surface area (Å²) < 4.78 is 38.9. The zero-order valence-electron chi connectivity index (χ0n) is 18.2. The van der Waals surface area contributed by atoms with Crippen molar-refractivity contribution in [1.82, 2.24) is 10.2 Å². The smallest absolute Gasteiger partial charge is 0.276 e. The van der Waals surface area contributed by atoms with Gasteiger partial charge in [-0.3, -0.25) is 14.3 Å². The van der Waals surface area contributed by atoms with E-state index >= 15 is 0 Å². The second-order valence-electron chi connectivity index (χ2n) is 7.10. The minimum absolute atomic E-state index is 0.00761. The second-order valence-corrected chi connectivity index (χ2v) is 8.75. The first kappa shape index (κ1) is 22.8. The van der Waals surface area contributed by atoms with E-state index in [9.17, 15) is 18.0 Å². The Bertz CT molecular complexity index is 1530. The minimum Gasteiger partial charge on any atom is -0.497 e. The molecule has 0 bridgehead atoms. The Morgan fingerprint density at radius 1 is 0.912 bits per heavy atom. The van der Waals surface area contributed by atoms with Crippen LogP contribution in [0.4, 0.5) is 11.4 Å². The number of fused-ring (bicyclic) bond motifs is 1. The van der Waals surface area contributed by atoms with E-state index in [1.54, 1.807) is 48.5 Å². The molecule has 10 nitrogen and oxygen atoms in total. The predicted molar refractivity (Wildman–Crippen MR) is 127 cm³/mol. The zero-order valence-corrected chi connectivity index (χ0v) is 19.0. The Kier molecular flexibility index (Phi) is 6.19. The molecule has 4 rings (SSSR count). The van der Waals surface area contributed by atoms with Crippen molar-refractivity contribution in [1.29, 1.82) is 0 Å². The number of hydrogen-bond acceptors (Lipinski definition) is 7. The fraction of sp³-hybridized carbons (Fsp3) is 0.0870. The minimum atomic E-state index is -4.07. The summed E-state index contributed by atoms with van der Waals surface area (Å²) in [4.78, 5) is 24.7. The summed E-state index contributed by atoms with van der Waals surface area (Å²) in [5, 5.41) is 9.46. The standard InChI is InChI=1S/C23H20N4O6S/c1-32-16-10-7-14(8-11-16)27-34(30,31)20-13-15(9-12-19(20)33-2)24-23(29)21-17-5-3-4-6-18(17)22(28)26-25-21/h3-13,27H,1-2H3,(H,24,29)(H,26,28). The Hall–Kier alpha value is -4.38. The van der Waals surface area contributed by atoms with Crippen molar-refractivity contribution in [3.8, 4) is 11.5 Å². The van der Waals surface area contributed by atoms with Crippen molar-refractivity contribution < 1.29 is 22.7 Å². The molecule has 0 atom stereocenters. The molecule has 0 fully saturated rings. The van der Waals surface area contributed by atoms with Crippen molar-refractivity contribution in [3.05, 3.63) is 82.8 Å². The van der Waals surface area contributed by atoms with Crippen LogP contribution in [0.5, 0.6) is 11.5 Å². The van der Waals surface area contributed by atoms with E-state index in [4.69, 9.17) is 9.47 Å². The van der Waals surface area contributed by atoms with Crippen molar-refractivity contribution in [2.75, 3.05) is 24.3 Å². The molecule has 3 aromatic carbocycles. The highest BCUT2D eigenvalue weighted by Gasteiger charge is 2.22. The summed E-state index contributed by atoms with van der Waals surface area (Å²) in [5.41, 5.74) is 0.0838. The number of carbonyl (C=O) groups is 1. The molecule has 1 amide bonds. The summed E-state index contributed by atoms with van der Waals surface area (Å²) in [7, 11) is -1.22. The molecule has 11 heteroatoms. The molecule has 0 saturated heterocycles. The van der Waals surface area contributed by atoms with E-state index < -0.39 is 21.5 Å². The van der Waals surface area contributed by atoms with Gasteiger partial charge < -0.3 is 14.8 Å². The quantitative estimate of drug-likeness (QED) is 0.369. The molecule has 0 unspecified atom stereocenters. The number of sulfonamides is 1. The van der Waals surface area contributed by atoms with Gasteiger partial charge in [-0.05, 0) is 48.5 Å². The van der Waals surface area contributed by atoms with Crippen molar-refractivity contribution >= 4 is 38.1 Å². The first-order valence-electron chi connectivity index (χ1n) is 9.96. The first-order valence-corrected chi connectivity index (χ1v) is 11.4. The first-order chi connectivity index (χ1) is 16.3. The average molecular weight is 481 g/mol. The van der Waals surface area contributed by atoms with Gasteiger partial charge in [-0.25, -0.2) is 13.5 Å². The molecule has 0 aliphatic carbocycles. The number of H-pyrrole nitrogens is 1. The molecule has 34 heavy (non-hydrogen) atoms. The van der Waals surface area contributed by atoms with Gasteiger partial charge >= 0.3 is 0 Å². The normalized spacial score (nSPS) is 11.1. The fourth-order valence-corrected chi connectivity index (χ4v) is 4.57. The number of hydrogen-bond donors (Lipinski definition) is 3. The van der Waals surface area contributed by atoms with Crippen LogP contribution in [0.3, 0.4) is 0 Å². The van der Waals surface area contributed by atoms with Gasteiger partial charge in [0.25, 0.3) is 21.5 Å². The third kappa shape index (κ3) is 4.55. The van der Waals surface area contributed by atoms with E-state index in [0.717, 1.165) is 0 Å². The molecule has 0 spiro atoms. The van der Waals surface area contributed by atoms with Crippen LogP contribution in [-0.4, -0.2) is 38.7 Å². The lowest BCUT2D eigenvalue weighted by Crippen LogP contribution is -2.20. The molecule has 0 saturated carbocycles. The van der Waals surface area contributed by atoms with Gasteiger partial charge in [-0.1, -0.05) is 18.2 Å². The maximum Gasteiger partial charge on any atom is 0.276 e. The van der Waals surface area contributed by atoms with E-state index in [-0.39, 0.29) is 22.0 Å². The lowest BCUT2D eigenvalue weighted by atomic mass is 10.1. The molecule has 174 valence electrons. The maximum atomic E-state index is 13.1. The summed E-state index contributed by atoms with van der Waals surface area (Å²) in [5.74, 6) is 0.0457. The number of nitrogens with one attached hydrogen (secondary N) is 3. The summed E-state index contributed by atoms with van der Waals surface area (Å²) in [6, 6.07) is 17.1. The van der Waals surface area contributed by atoms with Crippen LogP contribution in [0.1, 0.15) is 10.5 Å². The van der Waals surface area contributed by atoms with Gasteiger partial charge in [0.15, 0.2) is 5.69 Å². The van der Waals surface area contributed by atoms with Crippen molar-refractivity contribution in [2.24, 2.45) is 0 Å². The van der Waals surface area contributed by atoms with Gasteiger partial charge in [0.05, 0.1) is 19.6 Å². The Balaban J connectivity index is 1.65. The largest absolute Gasteiger partial charge is 0.497 e. The van der Waals surface area contributed by atoms with Crippen LogP contribution in [0.25, 0.3) is 10.8 Å². The van der Waals surface area contributed by atoms with Crippen molar-refractivity contribution in [2.45, 2.75) is 4.90 Å². The number of benzene rings is 3. The number of rotatable bonds is 7. The molecule has 0 aliphatic heterocycles. The monoisotopic (exact) mass is 480 g/mol. The Labute approximate surface area is 194 Å². The molecular weight excluding hydrogens is 460 g/mol. The summed E-state index contributed by atoms with van der Waals surface area (Å²) in [6.07, 6.45) is 0. The molecule has 1 aromatic heterocycles. The van der Waals surface area contributed by atoms with Gasteiger partial charge in [-0.2, -0.15) is 5.10 Å². The molecular formula is C23H20N4O6S. The van der Waals surface area contributed by atoms with Gasteiger partial charge in [0, 0.05) is 16.8 Å². The molecule has 0 aliphatic rings. The number of ether oxygens (including phenoxy) is 2. The summed E-state index contributed by atoms with van der Waals surface area (Å²) >= 11 is 0. The van der Waals surface area contributed by atoms with E-state index in [1.807, 2.05) is 0 Å². The Morgan fingerprint density at radius 3 is 2.26 bits per heavy atom. The highest BCUT2D eigenvalue weighted by atomic mass is 32.2. The zero-order chi connectivity index (χ0) is 24.3. The third-order valence-corrected chi connectivity index (χ3v) is 6.37. The van der Waals surface area contributed by atoms with Crippen LogP contribution < -0.4 is 25.1 Å². The van der Waals surface area contributed by atoms with E-state index in [2.05, 4.69) is 20.2 Å². The van der Waals surface area contributed by atoms with Gasteiger partial charge in [0.2, 0.25) is 0 Å². The summed E-state index contributed by atoms with van der Waals surface area (Å²) in [6.45, 7) is 0. The average Bonchev–Trinajstić information content (AvgIpc) is 2.84. The van der Waals surface area contributed by atoms with Crippen LogP contribution in [0.15, 0.2) is 76.4 Å². The predicted octanol–water partition coefficient (Wildman–Crippen LogP) is 2.99.